The number of nitrogens with two attached hydrogens (primary N) is 1. The molecule has 4 nitrogen and oxygen atoms in total. The fraction of sp³-hybridized carbons (Fsp3) is 0.385. The highest BCUT2D eigenvalue weighted by Crippen LogP contribution is 2.27. The Bertz CT molecular complexity index is 528. The molecule has 0 amide bonds. The molecule has 2 heterocycles. The highest BCUT2D eigenvalue weighted by Gasteiger charge is 2.12. The molecule has 0 aliphatic heterocycles. The Kier molecular flexibility index (Phi) is 3.13. The number of hydrogen-bond acceptors (Lipinski definition) is 3. The lowest BCUT2D eigenvalue weighted by Crippen LogP contribution is -1.97. The summed E-state index contributed by atoms with van der Waals surface area (Å²) in [6, 6.07) is 1.92. The lowest BCUT2D eigenvalue weighted by atomic mass is 10.1. The average Bonchev–Trinajstić information content (AvgIpc) is 2.64. The van der Waals surface area contributed by atoms with Crippen LogP contribution in [0.15, 0.2) is 18.5 Å². The highest BCUT2D eigenvalue weighted by molar-refractivity contribution is 5.75. The van der Waals surface area contributed by atoms with Crippen molar-refractivity contribution in [1.29, 1.82) is 0 Å². The number of hydrogen-bond donors (Lipinski definition) is 1. The molecule has 0 aliphatic rings. The summed E-state index contributed by atoms with van der Waals surface area (Å²) in [6.45, 7) is 7.04. The van der Waals surface area contributed by atoms with Crippen molar-refractivity contribution in [2.45, 2.75) is 33.7 Å². The first-order valence-corrected chi connectivity index (χ1v) is 5.89. The molecule has 0 saturated heterocycles. The Morgan fingerprint density at radius 2 is 2.12 bits per heavy atom. The third-order valence-electron chi connectivity index (χ3n) is 2.86. The van der Waals surface area contributed by atoms with Crippen molar-refractivity contribution < 1.29 is 0 Å². The zero-order chi connectivity index (χ0) is 12.4. The highest BCUT2D eigenvalue weighted by atomic mass is 15.3. The maximum Gasteiger partial charge on any atom is 0.0968 e. The van der Waals surface area contributed by atoms with Gasteiger partial charge in [0.05, 0.1) is 17.1 Å². The van der Waals surface area contributed by atoms with Crippen molar-refractivity contribution in [1.82, 2.24) is 14.8 Å². The van der Waals surface area contributed by atoms with Crippen LogP contribution in [0.2, 0.25) is 0 Å². The molecule has 2 aromatic heterocycles. The van der Waals surface area contributed by atoms with Crippen molar-refractivity contribution in [2.24, 2.45) is 0 Å². The van der Waals surface area contributed by atoms with Crippen molar-refractivity contribution >= 4 is 5.69 Å². The van der Waals surface area contributed by atoms with E-state index in [0.717, 1.165) is 41.2 Å². The molecule has 0 spiro atoms. The number of anilines is 1. The Labute approximate surface area is 101 Å². The van der Waals surface area contributed by atoms with E-state index in [-0.39, 0.29) is 0 Å². The van der Waals surface area contributed by atoms with Crippen LogP contribution in [0.5, 0.6) is 0 Å². The normalized spacial score (nSPS) is 10.8. The molecule has 2 aromatic rings. The van der Waals surface area contributed by atoms with E-state index < -0.39 is 0 Å². The van der Waals surface area contributed by atoms with Gasteiger partial charge in [-0.05, 0) is 31.9 Å². The number of rotatable bonds is 3. The van der Waals surface area contributed by atoms with E-state index in [1.165, 1.54) is 0 Å². The van der Waals surface area contributed by atoms with Crippen LogP contribution in [0, 0.1) is 13.8 Å². The second-order valence-electron chi connectivity index (χ2n) is 4.28. The first kappa shape index (κ1) is 11.6. The zero-order valence-corrected chi connectivity index (χ0v) is 10.6. The summed E-state index contributed by atoms with van der Waals surface area (Å²) in [6.07, 6.45) is 4.88. The van der Waals surface area contributed by atoms with Gasteiger partial charge in [0.2, 0.25) is 0 Å². The summed E-state index contributed by atoms with van der Waals surface area (Å²) in [4.78, 5) is 4.37. The molecule has 0 radical (unpaired) electrons. The van der Waals surface area contributed by atoms with Crippen LogP contribution < -0.4 is 5.73 Å². The molecule has 2 N–H and O–H groups in total. The van der Waals surface area contributed by atoms with Crippen LogP contribution >= 0.6 is 0 Å². The topological polar surface area (TPSA) is 56.7 Å². The molecule has 0 unspecified atom stereocenters. The van der Waals surface area contributed by atoms with Crippen molar-refractivity contribution in [2.75, 3.05) is 5.73 Å². The quantitative estimate of drug-likeness (QED) is 0.881. The van der Waals surface area contributed by atoms with E-state index in [4.69, 9.17) is 5.73 Å². The lowest BCUT2D eigenvalue weighted by Gasteiger charge is -2.05. The third-order valence-corrected chi connectivity index (χ3v) is 2.86. The van der Waals surface area contributed by atoms with Gasteiger partial charge in [-0.2, -0.15) is 5.10 Å². The summed E-state index contributed by atoms with van der Waals surface area (Å²) in [5, 5.41) is 4.47. The summed E-state index contributed by atoms with van der Waals surface area (Å²) in [5.41, 5.74) is 10.7. The molecule has 0 aromatic carbocycles. The van der Waals surface area contributed by atoms with Crippen LogP contribution in [0.4, 0.5) is 5.69 Å². The van der Waals surface area contributed by atoms with Crippen LogP contribution in [0.1, 0.15) is 24.6 Å². The molecule has 0 fully saturated rings. The van der Waals surface area contributed by atoms with Gasteiger partial charge in [-0.3, -0.25) is 9.67 Å². The minimum Gasteiger partial charge on any atom is -0.397 e. The van der Waals surface area contributed by atoms with E-state index in [9.17, 15) is 0 Å². The lowest BCUT2D eigenvalue weighted by molar-refractivity contribution is 0.598. The molecule has 0 bridgehead atoms. The third kappa shape index (κ3) is 2.16. The molecule has 17 heavy (non-hydrogen) atoms. The number of aromatic nitrogens is 3. The fourth-order valence-corrected chi connectivity index (χ4v) is 1.88. The molecular weight excluding hydrogens is 212 g/mol. The van der Waals surface area contributed by atoms with Crippen LogP contribution in [-0.2, 0) is 6.54 Å². The Morgan fingerprint density at radius 3 is 2.82 bits per heavy atom. The van der Waals surface area contributed by atoms with Gasteiger partial charge in [-0.25, -0.2) is 0 Å². The van der Waals surface area contributed by atoms with E-state index in [1.54, 1.807) is 6.20 Å². The van der Waals surface area contributed by atoms with Crippen LogP contribution in [-0.4, -0.2) is 14.8 Å². The first-order chi connectivity index (χ1) is 8.13. The SMILES string of the molecule is CCCn1cc(-c2nccc(C)c2N)c(C)n1. The molecule has 0 saturated carbocycles. The predicted molar refractivity (Wildman–Crippen MR) is 69.6 cm³/mol. The van der Waals surface area contributed by atoms with Crippen LogP contribution in [0.3, 0.4) is 0 Å². The molecule has 0 atom stereocenters. The van der Waals surface area contributed by atoms with Gasteiger partial charge in [0, 0.05) is 24.5 Å². The van der Waals surface area contributed by atoms with Gasteiger partial charge >= 0.3 is 0 Å². The summed E-state index contributed by atoms with van der Waals surface area (Å²) in [5.74, 6) is 0. The minimum atomic E-state index is 0.742. The van der Waals surface area contributed by atoms with E-state index in [0.29, 0.717) is 0 Å². The Hall–Kier alpha value is -1.84. The monoisotopic (exact) mass is 230 g/mol. The molecular formula is C13H18N4. The Balaban J connectivity index is 2.49. The van der Waals surface area contributed by atoms with Crippen molar-refractivity contribution in [3.8, 4) is 11.3 Å². The van der Waals surface area contributed by atoms with Gasteiger partial charge in [0.15, 0.2) is 0 Å². The largest absolute Gasteiger partial charge is 0.397 e. The first-order valence-electron chi connectivity index (χ1n) is 5.89. The van der Waals surface area contributed by atoms with Crippen LogP contribution in [0.25, 0.3) is 11.3 Å². The maximum absolute atomic E-state index is 6.07. The Morgan fingerprint density at radius 1 is 1.35 bits per heavy atom. The number of nitrogens with zero attached hydrogens (tertiary/aromatic N) is 3. The van der Waals surface area contributed by atoms with Crippen molar-refractivity contribution in [3.63, 3.8) is 0 Å². The summed E-state index contributed by atoms with van der Waals surface area (Å²) in [7, 11) is 0. The molecule has 4 heteroatoms. The van der Waals surface area contributed by atoms with Gasteiger partial charge in [-0.1, -0.05) is 6.92 Å². The number of pyridine rings is 1. The second kappa shape index (κ2) is 4.57. The second-order valence-corrected chi connectivity index (χ2v) is 4.28. The standard InChI is InChI=1S/C13H18N4/c1-4-7-17-8-11(10(3)16-17)13-12(14)9(2)5-6-15-13/h5-6,8H,4,7,14H2,1-3H3. The number of nitrogen functional groups attached to an aromatic ring is 1. The molecule has 2 rings (SSSR count). The summed E-state index contributed by atoms with van der Waals surface area (Å²) < 4.78 is 1.95. The number of aryl methyl sites for hydroxylation is 3. The fourth-order valence-electron chi connectivity index (χ4n) is 1.88. The maximum atomic E-state index is 6.07. The van der Waals surface area contributed by atoms with E-state index >= 15 is 0 Å². The molecule has 0 aliphatic carbocycles. The van der Waals surface area contributed by atoms with E-state index in [1.807, 2.05) is 30.8 Å². The average molecular weight is 230 g/mol. The van der Waals surface area contributed by atoms with Gasteiger partial charge in [-0.15, -0.1) is 0 Å². The molecule has 90 valence electrons. The predicted octanol–water partition coefficient (Wildman–Crippen LogP) is 2.55. The van der Waals surface area contributed by atoms with Crippen molar-refractivity contribution in [3.05, 3.63) is 29.7 Å². The van der Waals surface area contributed by atoms with Gasteiger partial charge < -0.3 is 5.73 Å². The smallest absolute Gasteiger partial charge is 0.0968 e. The van der Waals surface area contributed by atoms with E-state index in [2.05, 4.69) is 17.0 Å². The minimum absolute atomic E-state index is 0.742. The summed E-state index contributed by atoms with van der Waals surface area (Å²) >= 11 is 0. The van der Waals surface area contributed by atoms with Gasteiger partial charge in [0.1, 0.15) is 0 Å². The zero-order valence-electron chi connectivity index (χ0n) is 10.6. The van der Waals surface area contributed by atoms with Gasteiger partial charge in [0.25, 0.3) is 0 Å².